The van der Waals surface area contributed by atoms with Gasteiger partial charge in [0.2, 0.25) is 0 Å². The number of aliphatic hydroxyl groups is 2. The minimum atomic E-state index is -3.19. The molecule has 0 unspecified atom stereocenters. The summed E-state index contributed by atoms with van der Waals surface area (Å²) < 4.78 is 28.2. The van der Waals surface area contributed by atoms with Crippen LogP contribution in [0.4, 0.5) is 8.78 Å². The second-order valence-corrected chi connectivity index (χ2v) is 5.41. The molecule has 0 radical (unpaired) electrons. The maximum Gasteiger partial charge on any atom is 0.284 e. The van der Waals surface area contributed by atoms with Gasteiger partial charge in [-0.25, -0.2) is 8.78 Å². The smallest absolute Gasteiger partial charge is 0.284 e. The van der Waals surface area contributed by atoms with Crippen molar-refractivity contribution in [1.29, 1.82) is 0 Å². The van der Waals surface area contributed by atoms with Crippen LogP contribution in [0, 0.1) is 0 Å². The van der Waals surface area contributed by atoms with E-state index in [4.69, 9.17) is 0 Å². The second-order valence-electron chi connectivity index (χ2n) is 4.49. The molecule has 0 spiro atoms. The van der Waals surface area contributed by atoms with Crippen LogP contribution in [0.5, 0.6) is 0 Å². The Morgan fingerprint density at radius 2 is 2.06 bits per heavy atom. The van der Waals surface area contributed by atoms with E-state index < -0.39 is 24.0 Å². The molecule has 0 saturated heterocycles. The summed E-state index contributed by atoms with van der Waals surface area (Å²) in [6.07, 6.45) is -1.79. The molecule has 2 atom stereocenters. The van der Waals surface area contributed by atoms with Crippen LogP contribution < -0.4 is 0 Å². The van der Waals surface area contributed by atoms with Gasteiger partial charge in [0, 0.05) is 17.3 Å². The molecule has 0 aromatic heterocycles. The molecule has 0 heterocycles. The second kappa shape index (κ2) is 2.83. The minimum absolute atomic E-state index is 0.230. The summed E-state index contributed by atoms with van der Waals surface area (Å²) in [7, 11) is 0. The van der Waals surface area contributed by atoms with Gasteiger partial charge in [-0.3, -0.25) is 0 Å². The lowest BCUT2D eigenvalue weighted by atomic mass is 9.95. The van der Waals surface area contributed by atoms with Gasteiger partial charge in [0.05, 0.1) is 6.10 Å². The molecule has 16 heavy (non-hydrogen) atoms. The summed E-state index contributed by atoms with van der Waals surface area (Å²) in [6.45, 7) is 0. The van der Waals surface area contributed by atoms with E-state index in [0.29, 0.717) is 15.6 Å². The SMILES string of the molecule is O[C@H]1C[C@]2(O)c3c(cc(Br)cc31)CC2(F)F. The van der Waals surface area contributed by atoms with E-state index in [9.17, 15) is 19.0 Å². The van der Waals surface area contributed by atoms with Gasteiger partial charge in [0.25, 0.3) is 5.92 Å². The highest BCUT2D eigenvalue weighted by Crippen LogP contribution is 2.58. The van der Waals surface area contributed by atoms with Crippen molar-refractivity contribution >= 4 is 15.9 Å². The maximum absolute atomic E-state index is 13.7. The summed E-state index contributed by atoms with van der Waals surface area (Å²) in [5, 5.41) is 19.8. The first-order chi connectivity index (χ1) is 7.35. The number of hydrogen-bond donors (Lipinski definition) is 2. The predicted molar refractivity (Wildman–Crippen MR) is 56.3 cm³/mol. The minimum Gasteiger partial charge on any atom is -0.388 e. The highest BCUT2D eigenvalue weighted by Gasteiger charge is 2.64. The summed E-state index contributed by atoms with van der Waals surface area (Å²) >= 11 is 3.22. The van der Waals surface area contributed by atoms with Crippen molar-refractivity contribution in [2.24, 2.45) is 0 Å². The van der Waals surface area contributed by atoms with Gasteiger partial charge in [0.1, 0.15) is 0 Å². The zero-order chi connectivity index (χ0) is 11.7. The van der Waals surface area contributed by atoms with Crippen LogP contribution in [0.2, 0.25) is 0 Å². The van der Waals surface area contributed by atoms with Crippen molar-refractivity contribution in [3.8, 4) is 0 Å². The van der Waals surface area contributed by atoms with E-state index in [1.165, 1.54) is 0 Å². The highest BCUT2D eigenvalue weighted by molar-refractivity contribution is 9.10. The zero-order valence-corrected chi connectivity index (χ0v) is 9.76. The Hall–Kier alpha value is -0.520. The molecule has 1 aromatic rings. The Balaban J connectivity index is 2.33. The quantitative estimate of drug-likeness (QED) is 0.770. The van der Waals surface area contributed by atoms with E-state index in [1.54, 1.807) is 12.1 Å². The van der Waals surface area contributed by atoms with Gasteiger partial charge in [-0.05, 0) is 28.8 Å². The molecule has 5 heteroatoms. The van der Waals surface area contributed by atoms with Crippen LogP contribution in [0.1, 0.15) is 29.2 Å². The van der Waals surface area contributed by atoms with E-state index in [1.807, 2.05) is 0 Å². The number of hydrogen-bond acceptors (Lipinski definition) is 2. The molecule has 0 fully saturated rings. The maximum atomic E-state index is 13.7. The topological polar surface area (TPSA) is 40.5 Å². The molecule has 1 aromatic carbocycles. The number of alkyl halides is 2. The zero-order valence-electron chi connectivity index (χ0n) is 8.17. The van der Waals surface area contributed by atoms with Crippen LogP contribution in [0.25, 0.3) is 0 Å². The molecule has 86 valence electrons. The average molecular weight is 291 g/mol. The van der Waals surface area contributed by atoms with Crippen LogP contribution in [-0.2, 0) is 12.0 Å². The van der Waals surface area contributed by atoms with Gasteiger partial charge >= 0.3 is 0 Å². The molecule has 0 bridgehead atoms. The van der Waals surface area contributed by atoms with Gasteiger partial charge in [-0.2, -0.15) is 0 Å². The standard InChI is InChI=1S/C11H9BrF2O2/c12-6-1-5-3-11(13,14)10(16)4-8(15)7(2-6)9(5)10/h1-2,8,15-16H,3-4H2/t8-,10-/m0/s1. The molecular formula is C11H9BrF2O2. The third kappa shape index (κ3) is 1.06. The predicted octanol–water partition coefficient (Wildman–Crippen LogP) is 2.27. The lowest BCUT2D eigenvalue weighted by molar-refractivity contribution is -0.181. The molecule has 2 aliphatic carbocycles. The first kappa shape index (κ1) is 10.6. The van der Waals surface area contributed by atoms with Gasteiger partial charge in [0.15, 0.2) is 5.60 Å². The monoisotopic (exact) mass is 290 g/mol. The Labute approximate surface area is 99.0 Å². The number of rotatable bonds is 0. The van der Waals surface area contributed by atoms with Crippen molar-refractivity contribution < 1.29 is 19.0 Å². The fourth-order valence-corrected chi connectivity index (χ4v) is 3.33. The van der Waals surface area contributed by atoms with E-state index in [-0.39, 0.29) is 12.0 Å². The van der Waals surface area contributed by atoms with Crippen LogP contribution >= 0.6 is 15.9 Å². The molecule has 2 N–H and O–H groups in total. The van der Waals surface area contributed by atoms with Crippen molar-refractivity contribution in [1.82, 2.24) is 0 Å². The first-order valence-corrected chi connectivity index (χ1v) is 5.75. The molecule has 0 amide bonds. The Kier molecular flexibility index (Phi) is 1.88. The summed E-state index contributed by atoms with van der Waals surface area (Å²) in [4.78, 5) is 0. The fraction of sp³-hybridized carbons (Fsp3) is 0.455. The van der Waals surface area contributed by atoms with Crippen LogP contribution in [0.3, 0.4) is 0 Å². The molecular weight excluding hydrogens is 282 g/mol. The Morgan fingerprint density at radius 3 is 2.75 bits per heavy atom. The third-order valence-corrected chi connectivity index (χ3v) is 3.95. The first-order valence-electron chi connectivity index (χ1n) is 4.96. The molecule has 0 saturated carbocycles. The molecule has 2 aliphatic rings. The largest absolute Gasteiger partial charge is 0.388 e. The van der Waals surface area contributed by atoms with Crippen molar-refractivity contribution in [2.75, 3.05) is 0 Å². The Bertz CT molecular complexity index is 489. The lowest BCUT2D eigenvalue weighted by Gasteiger charge is -2.26. The van der Waals surface area contributed by atoms with E-state index >= 15 is 0 Å². The molecule has 2 nitrogen and oxygen atoms in total. The average Bonchev–Trinajstić information content (AvgIpc) is 2.48. The van der Waals surface area contributed by atoms with Gasteiger partial charge in [-0.1, -0.05) is 15.9 Å². The number of halogens is 3. The number of benzene rings is 1. The van der Waals surface area contributed by atoms with Crippen molar-refractivity contribution in [3.63, 3.8) is 0 Å². The van der Waals surface area contributed by atoms with Gasteiger partial charge < -0.3 is 10.2 Å². The summed E-state index contributed by atoms with van der Waals surface area (Å²) in [5.74, 6) is -3.19. The fourth-order valence-electron chi connectivity index (χ4n) is 2.80. The van der Waals surface area contributed by atoms with Crippen molar-refractivity contribution in [2.45, 2.75) is 30.5 Å². The van der Waals surface area contributed by atoms with E-state index in [2.05, 4.69) is 15.9 Å². The molecule has 3 rings (SSSR count). The summed E-state index contributed by atoms with van der Waals surface area (Å²) in [6, 6.07) is 3.19. The van der Waals surface area contributed by atoms with E-state index in [0.717, 1.165) is 0 Å². The Morgan fingerprint density at radius 1 is 1.38 bits per heavy atom. The normalized spacial score (nSPS) is 34.2. The molecule has 0 aliphatic heterocycles. The van der Waals surface area contributed by atoms with Crippen LogP contribution in [0.15, 0.2) is 16.6 Å². The van der Waals surface area contributed by atoms with Gasteiger partial charge in [-0.15, -0.1) is 0 Å². The number of aliphatic hydroxyl groups excluding tert-OH is 1. The van der Waals surface area contributed by atoms with Crippen molar-refractivity contribution in [3.05, 3.63) is 33.3 Å². The third-order valence-electron chi connectivity index (χ3n) is 3.49. The highest BCUT2D eigenvalue weighted by atomic mass is 79.9. The van der Waals surface area contributed by atoms with Crippen LogP contribution in [-0.4, -0.2) is 16.1 Å². The summed E-state index contributed by atoms with van der Waals surface area (Å²) in [5.41, 5.74) is -1.11. The lowest BCUT2D eigenvalue weighted by Crippen LogP contribution is -2.40.